The average Bonchev–Trinajstić information content (AvgIpc) is 3.21. The maximum Gasteiger partial charge on any atom is 0.264 e. The van der Waals surface area contributed by atoms with E-state index in [1.807, 2.05) is 5.38 Å². The zero-order valence-corrected chi connectivity index (χ0v) is 16.4. The first-order valence-electron chi connectivity index (χ1n) is 8.79. The number of carbonyl (C=O) groups is 1. The molecule has 2 aromatic heterocycles. The summed E-state index contributed by atoms with van der Waals surface area (Å²) < 4.78 is 21.0. The van der Waals surface area contributed by atoms with Crippen molar-refractivity contribution in [3.05, 3.63) is 52.9 Å². The van der Waals surface area contributed by atoms with Crippen molar-refractivity contribution in [3.63, 3.8) is 0 Å². The minimum absolute atomic E-state index is 0.0517. The van der Waals surface area contributed by atoms with Gasteiger partial charge < -0.3 is 9.30 Å². The molecule has 142 valence electrons. The summed E-state index contributed by atoms with van der Waals surface area (Å²) in [5, 5.41) is 5.12. The van der Waals surface area contributed by atoms with Gasteiger partial charge in [-0.3, -0.25) is 10.1 Å². The Morgan fingerprint density at radius 1 is 1.33 bits per heavy atom. The Balaban J connectivity index is 1.65. The van der Waals surface area contributed by atoms with Crippen LogP contribution in [0, 0.1) is 19.7 Å². The van der Waals surface area contributed by atoms with Gasteiger partial charge in [-0.25, -0.2) is 9.37 Å². The van der Waals surface area contributed by atoms with Crippen LogP contribution in [0.1, 0.15) is 24.7 Å². The van der Waals surface area contributed by atoms with Crippen molar-refractivity contribution < 1.29 is 13.9 Å². The highest BCUT2D eigenvalue weighted by Crippen LogP contribution is 2.30. The Labute approximate surface area is 161 Å². The molecular weight excluding hydrogens is 365 g/mol. The second-order valence-electron chi connectivity index (χ2n) is 6.24. The normalized spacial score (nSPS) is 10.8. The van der Waals surface area contributed by atoms with Crippen LogP contribution in [-0.4, -0.2) is 22.1 Å². The Bertz CT molecular complexity index is 949. The summed E-state index contributed by atoms with van der Waals surface area (Å²) >= 11 is 1.35. The summed E-state index contributed by atoms with van der Waals surface area (Å²) in [5.41, 5.74) is 4.27. The van der Waals surface area contributed by atoms with Gasteiger partial charge in [0.05, 0.1) is 5.69 Å². The van der Waals surface area contributed by atoms with Crippen LogP contribution in [0.25, 0.3) is 11.3 Å². The standard InChI is InChI=1S/C20H22FN3O2S/c1-4-9-24-13(2)10-15(14(24)3)17-12-27-20(22-17)23-19(25)11-26-18-8-6-5-7-16(18)21/h5-8,10,12H,4,9,11H2,1-3H3,(H,22,23,25). The predicted octanol–water partition coefficient (Wildman–Crippen LogP) is 4.80. The highest BCUT2D eigenvalue weighted by molar-refractivity contribution is 7.14. The lowest BCUT2D eigenvalue weighted by Gasteiger charge is -2.07. The minimum Gasteiger partial charge on any atom is -0.481 e. The summed E-state index contributed by atoms with van der Waals surface area (Å²) in [4.78, 5) is 16.6. The second-order valence-corrected chi connectivity index (χ2v) is 7.10. The third-order valence-corrected chi connectivity index (χ3v) is 5.00. The molecule has 0 aliphatic heterocycles. The third kappa shape index (κ3) is 4.36. The summed E-state index contributed by atoms with van der Waals surface area (Å²) in [6.45, 7) is 7.01. The Morgan fingerprint density at radius 2 is 2.11 bits per heavy atom. The zero-order valence-electron chi connectivity index (χ0n) is 15.6. The molecule has 0 fully saturated rings. The summed E-state index contributed by atoms with van der Waals surface area (Å²) in [5.74, 6) is -0.823. The fourth-order valence-corrected chi connectivity index (χ4v) is 3.67. The van der Waals surface area contributed by atoms with Crippen LogP contribution in [0.15, 0.2) is 35.7 Å². The average molecular weight is 387 g/mol. The number of hydrogen-bond acceptors (Lipinski definition) is 4. The van der Waals surface area contributed by atoms with Gasteiger partial charge in [0.2, 0.25) is 0 Å². The molecule has 2 heterocycles. The summed E-state index contributed by atoms with van der Waals surface area (Å²) in [6.07, 6.45) is 1.07. The van der Waals surface area contributed by atoms with Crippen molar-refractivity contribution in [1.29, 1.82) is 0 Å². The van der Waals surface area contributed by atoms with Crippen molar-refractivity contribution in [2.24, 2.45) is 0 Å². The lowest BCUT2D eigenvalue weighted by molar-refractivity contribution is -0.118. The molecule has 3 rings (SSSR count). The quantitative estimate of drug-likeness (QED) is 0.634. The molecule has 0 saturated heterocycles. The molecule has 5 nitrogen and oxygen atoms in total. The van der Waals surface area contributed by atoms with Gasteiger partial charge in [-0.15, -0.1) is 11.3 Å². The summed E-state index contributed by atoms with van der Waals surface area (Å²) in [6, 6.07) is 8.10. The van der Waals surface area contributed by atoms with Crippen LogP contribution in [0.5, 0.6) is 5.75 Å². The van der Waals surface area contributed by atoms with Crippen LogP contribution >= 0.6 is 11.3 Å². The van der Waals surface area contributed by atoms with Gasteiger partial charge in [-0.1, -0.05) is 19.1 Å². The van der Waals surface area contributed by atoms with Gasteiger partial charge in [0.15, 0.2) is 23.3 Å². The zero-order chi connectivity index (χ0) is 19.4. The largest absolute Gasteiger partial charge is 0.481 e. The van der Waals surface area contributed by atoms with E-state index < -0.39 is 5.82 Å². The molecule has 27 heavy (non-hydrogen) atoms. The molecule has 1 aromatic carbocycles. The van der Waals surface area contributed by atoms with E-state index in [0.717, 1.165) is 24.2 Å². The first-order chi connectivity index (χ1) is 13.0. The van der Waals surface area contributed by atoms with Crippen LogP contribution in [0.2, 0.25) is 0 Å². The number of anilines is 1. The van der Waals surface area contributed by atoms with Gasteiger partial charge in [0.1, 0.15) is 0 Å². The molecule has 0 atom stereocenters. The number of hydrogen-bond donors (Lipinski definition) is 1. The number of carbonyl (C=O) groups excluding carboxylic acids is 1. The number of halogens is 1. The van der Waals surface area contributed by atoms with E-state index >= 15 is 0 Å². The second kappa shape index (κ2) is 8.35. The molecule has 7 heteroatoms. The Hall–Kier alpha value is -2.67. The van der Waals surface area contributed by atoms with Gasteiger partial charge in [-0.05, 0) is 38.5 Å². The van der Waals surface area contributed by atoms with Crippen LogP contribution in [-0.2, 0) is 11.3 Å². The fourth-order valence-electron chi connectivity index (χ4n) is 2.94. The molecule has 0 spiro atoms. The van der Waals surface area contributed by atoms with E-state index in [2.05, 4.69) is 41.7 Å². The number of ether oxygens (including phenoxy) is 1. The number of thiazole rings is 1. The van der Waals surface area contributed by atoms with Crippen molar-refractivity contribution in [1.82, 2.24) is 9.55 Å². The predicted molar refractivity (Wildman–Crippen MR) is 106 cm³/mol. The molecule has 1 amide bonds. The van der Waals surface area contributed by atoms with Crippen molar-refractivity contribution >= 4 is 22.4 Å². The minimum atomic E-state index is -0.496. The molecular formula is C20H22FN3O2S. The van der Waals surface area contributed by atoms with Gasteiger partial charge >= 0.3 is 0 Å². The first kappa shape index (κ1) is 19.1. The Kier molecular flexibility index (Phi) is 5.91. The molecule has 3 aromatic rings. The van der Waals surface area contributed by atoms with E-state index in [9.17, 15) is 9.18 Å². The fraction of sp³-hybridized carbons (Fsp3) is 0.300. The maximum absolute atomic E-state index is 13.5. The lowest BCUT2D eigenvalue weighted by Crippen LogP contribution is -2.20. The number of nitrogens with zero attached hydrogens (tertiary/aromatic N) is 2. The first-order valence-corrected chi connectivity index (χ1v) is 9.67. The molecule has 0 aliphatic carbocycles. The van der Waals surface area contributed by atoms with Crippen molar-refractivity contribution in [2.75, 3.05) is 11.9 Å². The van der Waals surface area contributed by atoms with E-state index in [1.165, 1.54) is 34.9 Å². The highest BCUT2D eigenvalue weighted by Gasteiger charge is 2.14. The number of amides is 1. The topological polar surface area (TPSA) is 56.2 Å². The van der Waals surface area contributed by atoms with Gasteiger partial charge in [-0.2, -0.15) is 0 Å². The molecule has 1 N–H and O–H groups in total. The molecule has 0 unspecified atom stereocenters. The SMILES string of the molecule is CCCn1c(C)cc(-c2csc(NC(=O)COc3ccccc3F)n2)c1C. The number of para-hydroxylation sites is 1. The third-order valence-electron chi connectivity index (χ3n) is 4.24. The van der Waals surface area contributed by atoms with Crippen molar-refractivity contribution in [3.8, 4) is 17.0 Å². The van der Waals surface area contributed by atoms with E-state index in [-0.39, 0.29) is 18.3 Å². The molecule has 0 aliphatic rings. The number of benzene rings is 1. The number of aromatic nitrogens is 2. The maximum atomic E-state index is 13.5. The molecule has 0 radical (unpaired) electrons. The Morgan fingerprint density at radius 3 is 2.85 bits per heavy atom. The number of nitrogens with one attached hydrogen (secondary N) is 1. The van der Waals surface area contributed by atoms with E-state index in [1.54, 1.807) is 12.1 Å². The van der Waals surface area contributed by atoms with Gasteiger partial charge in [0, 0.05) is 28.9 Å². The highest BCUT2D eigenvalue weighted by atomic mass is 32.1. The van der Waals surface area contributed by atoms with Crippen LogP contribution < -0.4 is 10.1 Å². The molecule has 0 bridgehead atoms. The number of rotatable bonds is 7. The van der Waals surface area contributed by atoms with Crippen LogP contribution in [0.4, 0.5) is 9.52 Å². The van der Waals surface area contributed by atoms with E-state index in [0.29, 0.717) is 5.13 Å². The summed E-state index contributed by atoms with van der Waals surface area (Å²) in [7, 11) is 0. The molecule has 0 saturated carbocycles. The monoisotopic (exact) mass is 387 g/mol. The smallest absolute Gasteiger partial charge is 0.264 e. The van der Waals surface area contributed by atoms with E-state index in [4.69, 9.17) is 4.74 Å². The van der Waals surface area contributed by atoms with Crippen LogP contribution in [0.3, 0.4) is 0 Å². The van der Waals surface area contributed by atoms with Crippen molar-refractivity contribution in [2.45, 2.75) is 33.7 Å². The number of aryl methyl sites for hydroxylation is 1. The lowest BCUT2D eigenvalue weighted by atomic mass is 10.2. The van der Waals surface area contributed by atoms with Gasteiger partial charge in [0.25, 0.3) is 5.91 Å².